The molecule has 0 spiro atoms. The van der Waals surface area contributed by atoms with E-state index in [9.17, 15) is 4.79 Å². The second kappa shape index (κ2) is 10.6. The molecule has 2 aliphatic heterocycles. The van der Waals surface area contributed by atoms with Crippen molar-refractivity contribution in [2.75, 3.05) is 52.9 Å². The molecule has 2 heterocycles. The van der Waals surface area contributed by atoms with Crippen LogP contribution < -0.4 is 5.32 Å². The third-order valence-electron chi connectivity index (χ3n) is 5.39. The van der Waals surface area contributed by atoms with Crippen LogP contribution in [0.15, 0.2) is 4.99 Å². The number of aliphatic imine (C=N–C) groups is 1. The van der Waals surface area contributed by atoms with Crippen molar-refractivity contribution in [1.82, 2.24) is 15.1 Å². The lowest BCUT2D eigenvalue weighted by Crippen LogP contribution is -2.46. The lowest BCUT2D eigenvalue weighted by atomic mass is 9.94. The molecule has 0 bridgehead atoms. The average Bonchev–Trinajstić information content (AvgIpc) is 2.63. The number of hydrogen-bond acceptors (Lipinski definition) is 4. The summed E-state index contributed by atoms with van der Waals surface area (Å²) in [6.07, 6.45) is 5.50. The second-order valence-corrected chi connectivity index (χ2v) is 7.28. The Morgan fingerprint density at radius 3 is 2.40 bits per heavy atom. The van der Waals surface area contributed by atoms with Crippen LogP contribution in [0, 0.1) is 11.8 Å². The first-order valence-corrected chi connectivity index (χ1v) is 10.0. The molecule has 0 radical (unpaired) electrons. The number of ether oxygens (including phenoxy) is 1. The molecule has 0 amide bonds. The van der Waals surface area contributed by atoms with Gasteiger partial charge in [-0.2, -0.15) is 0 Å². The van der Waals surface area contributed by atoms with Crippen LogP contribution in [0.25, 0.3) is 0 Å². The van der Waals surface area contributed by atoms with E-state index in [0.717, 1.165) is 50.9 Å². The fourth-order valence-electron chi connectivity index (χ4n) is 3.72. The quantitative estimate of drug-likeness (QED) is 0.450. The van der Waals surface area contributed by atoms with E-state index in [1.165, 1.54) is 32.4 Å². The van der Waals surface area contributed by atoms with Gasteiger partial charge in [0.2, 0.25) is 0 Å². The van der Waals surface area contributed by atoms with Crippen molar-refractivity contribution in [3.8, 4) is 0 Å². The lowest BCUT2D eigenvalue weighted by molar-refractivity contribution is -0.149. The Morgan fingerprint density at radius 1 is 1.12 bits per heavy atom. The first-order valence-electron chi connectivity index (χ1n) is 10.0. The molecule has 0 atom stereocenters. The van der Waals surface area contributed by atoms with E-state index in [1.54, 1.807) is 0 Å². The predicted octanol–water partition coefficient (Wildman–Crippen LogP) is 1.96. The van der Waals surface area contributed by atoms with Gasteiger partial charge in [0.15, 0.2) is 5.96 Å². The summed E-state index contributed by atoms with van der Waals surface area (Å²) in [5.74, 6) is 1.85. The summed E-state index contributed by atoms with van der Waals surface area (Å²) in [5, 5.41) is 3.42. The molecule has 0 aromatic heterocycles. The van der Waals surface area contributed by atoms with Gasteiger partial charge in [0.25, 0.3) is 0 Å². The summed E-state index contributed by atoms with van der Waals surface area (Å²) in [4.78, 5) is 21.5. The lowest BCUT2D eigenvalue weighted by Gasteiger charge is -2.33. The van der Waals surface area contributed by atoms with Crippen LogP contribution in [0.4, 0.5) is 0 Å². The number of carbonyl (C=O) groups is 1. The summed E-state index contributed by atoms with van der Waals surface area (Å²) < 4.78 is 5.16. The molecule has 2 rings (SSSR count). The van der Waals surface area contributed by atoms with E-state index in [2.05, 4.69) is 29.1 Å². The van der Waals surface area contributed by atoms with Gasteiger partial charge in [-0.15, -0.1) is 0 Å². The van der Waals surface area contributed by atoms with E-state index in [1.807, 2.05) is 6.92 Å². The average molecular weight is 353 g/mol. The zero-order chi connectivity index (χ0) is 18.1. The van der Waals surface area contributed by atoms with Gasteiger partial charge in [-0.25, -0.2) is 0 Å². The molecule has 0 aromatic rings. The highest BCUT2D eigenvalue weighted by Gasteiger charge is 2.27. The van der Waals surface area contributed by atoms with Gasteiger partial charge in [-0.05, 0) is 72.0 Å². The maximum Gasteiger partial charge on any atom is 0.309 e. The molecular formula is C19H36N4O2. The molecular weight excluding hydrogens is 316 g/mol. The molecule has 2 fully saturated rings. The number of likely N-dealkylation sites (tertiary alicyclic amines) is 2. The molecule has 25 heavy (non-hydrogen) atoms. The molecule has 1 N–H and O–H groups in total. The summed E-state index contributed by atoms with van der Waals surface area (Å²) in [6, 6.07) is 0. The van der Waals surface area contributed by atoms with Gasteiger partial charge in [0.1, 0.15) is 0 Å². The largest absolute Gasteiger partial charge is 0.466 e. The maximum absolute atomic E-state index is 11.9. The van der Waals surface area contributed by atoms with Crippen molar-refractivity contribution in [2.45, 2.75) is 46.0 Å². The highest BCUT2D eigenvalue weighted by molar-refractivity contribution is 5.80. The van der Waals surface area contributed by atoms with E-state index >= 15 is 0 Å². The fraction of sp³-hybridized carbons (Fsp3) is 0.895. The summed E-state index contributed by atoms with van der Waals surface area (Å²) >= 11 is 0. The van der Waals surface area contributed by atoms with E-state index in [0.29, 0.717) is 6.61 Å². The fourth-order valence-corrected chi connectivity index (χ4v) is 3.72. The minimum Gasteiger partial charge on any atom is -0.466 e. The number of nitrogens with one attached hydrogen (secondary N) is 1. The van der Waals surface area contributed by atoms with Crippen LogP contribution in [0.5, 0.6) is 0 Å². The molecule has 6 nitrogen and oxygen atoms in total. The van der Waals surface area contributed by atoms with Crippen LogP contribution in [0.2, 0.25) is 0 Å². The molecule has 0 aromatic carbocycles. The standard InChI is InChI=1S/C19H36N4O2/c1-4-20-19(21-11-6-16-7-12-22(3)13-8-16)23-14-9-17(10-15-23)18(24)25-5-2/h16-17H,4-15H2,1-3H3,(H,20,21). The molecule has 0 unspecified atom stereocenters. The van der Waals surface area contributed by atoms with Crippen molar-refractivity contribution in [2.24, 2.45) is 16.8 Å². The van der Waals surface area contributed by atoms with Gasteiger partial charge in [-0.3, -0.25) is 9.79 Å². The predicted molar refractivity (Wildman–Crippen MR) is 102 cm³/mol. The summed E-state index contributed by atoms with van der Waals surface area (Å²) in [7, 11) is 2.21. The molecule has 6 heteroatoms. The number of guanidine groups is 1. The molecule has 0 saturated carbocycles. The molecule has 2 saturated heterocycles. The number of nitrogens with zero attached hydrogens (tertiary/aromatic N) is 3. The Labute approximate surface area is 153 Å². The topological polar surface area (TPSA) is 57.2 Å². The Morgan fingerprint density at radius 2 is 1.80 bits per heavy atom. The zero-order valence-corrected chi connectivity index (χ0v) is 16.3. The van der Waals surface area contributed by atoms with Crippen LogP contribution >= 0.6 is 0 Å². The first-order chi connectivity index (χ1) is 12.1. The molecule has 0 aliphatic carbocycles. The van der Waals surface area contributed by atoms with Crippen molar-refractivity contribution in [3.05, 3.63) is 0 Å². The highest BCUT2D eigenvalue weighted by Crippen LogP contribution is 2.20. The number of piperidine rings is 2. The van der Waals surface area contributed by atoms with Crippen LogP contribution in [-0.4, -0.2) is 74.7 Å². The van der Waals surface area contributed by atoms with Gasteiger partial charge < -0.3 is 19.9 Å². The highest BCUT2D eigenvalue weighted by atomic mass is 16.5. The van der Waals surface area contributed by atoms with Gasteiger partial charge in [0.05, 0.1) is 12.5 Å². The Hall–Kier alpha value is -1.30. The smallest absolute Gasteiger partial charge is 0.309 e. The molecule has 144 valence electrons. The van der Waals surface area contributed by atoms with Crippen LogP contribution in [-0.2, 0) is 9.53 Å². The van der Waals surface area contributed by atoms with Gasteiger partial charge in [-0.1, -0.05) is 0 Å². The van der Waals surface area contributed by atoms with E-state index < -0.39 is 0 Å². The van der Waals surface area contributed by atoms with Crippen molar-refractivity contribution >= 4 is 11.9 Å². The number of hydrogen-bond donors (Lipinski definition) is 1. The maximum atomic E-state index is 11.9. The van der Waals surface area contributed by atoms with E-state index in [-0.39, 0.29) is 11.9 Å². The number of carbonyl (C=O) groups excluding carboxylic acids is 1. The number of rotatable bonds is 6. The Balaban J connectivity index is 1.78. The Kier molecular flexibility index (Phi) is 8.52. The summed E-state index contributed by atoms with van der Waals surface area (Å²) in [5.41, 5.74) is 0. The Bertz CT molecular complexity index is 425. The third kappa shape index (κ3) is 6.49. The van der Waals surface area contributed by atoms with E-state index in [4.69, 9.17) is 9.73 Å². The monoisotopic (exact) mass is 352 g/mol. The third-order valence-corrected chi connectivity index (χ3v) is 5.39. The summed E-state index contributed by atoms with van der Waals surface area (Å²) in [6.45, 7) is 10.4. The number of esters is 1. The van der Waals surface area contributed by atoms with Gasteiger partial charge >= 0.3 is 5.97 Å². The molecule has 2 aliphatic rings. The first kappa shape index (κ1) is 20.0. The second-order valence-electron chi connectivity index (χ2n) is 7.28. The zero-order valence-electron chi connectivity index (χ0n) is 16.3. The van der Waals surface area contributed by atoms with Crippen molar-refractivity contribution in [1.29, 1.82) is 0 Å². The minimum absolute atomic E-state index is 0.0358. The van der Waals surface area contributed by atoms with Crippen molar-refractivity contribution in [3.63, 3.8) is 0 Å². The normalized spacial score (nSPS) is 21.4. The SMILES string of the molecule is CCNC(=NCCC1CCN(C)CC1)N1CCC(C(=O)OCC)CC1. The van der Waals surface area contributed by atoms with Crippen LogP contribution in [0.3, 0.4) is 0 Å². The van der Waals surface area contributed by atoms with Crippen molar-refractivity contribution < 1.29 is 9.53 Å². The minimum atomic E-state index is -0.0358. The van der Waals surface area contributed by atoms with Gasteiger partial charge in [0, 0.05) is 26.2 Å². The van der Waals surface area contributed by atoms with Crippen LogP contribution in [0.1, 0.15) is 46.0 Å².